The molecule has 3 rings (SSSR count). The molecule has 0 unspecified atom stereocenters. The van der Waals surface area contributed by atoms with Crippen LogP contribution in [0.25, 0.3) is 11.2 Å². The maximum atomic E-state index is 10.8. The van der Waals surface area contributed by atoms with Crippen LogP contribution in [-0.4, -0.2) is 53.5 Å². The molecule has 1 aliphatic rings. The Balaban J connectivity index is 2.06. The van der Waals surface area contributed by atoms with Crippen LogP contribution in [0.3, 0.4) is 0 Å². The summed E-state index contributed by atoms with van der Waals surface area (Å²) in [6, 6.07) is 0. The molecule has 2 aromatic rings. The standard InChI is InChI=1S/C10H12N6O5/c11-8-7-9(14-10(13-8)16(19)20)15(3-12-7)6-1-4(18)5(2-17)21-6/h3-6,17-18H,1-2H2,(H2,11,13,14)/t4-,5+,6+/m0/s1. The smallest absolute Gasteiger partial charge is 0.394 e. The van der Waals surface area contributed by atoms with Gasteiger partial charge in [-0.05, 0) is 14.9 Å². The quantitative estimate of drug-likeness (QED) is 0.474. The lowest BCUT2D eigenvalue weighted by Gasteiger charge is -2.12. The van der Waals surface area contributed by atoms with E-state index < -0.39 is 29.3 Å². The van der Waals surface area contributed by atoms with Crippen molar-refractivity contribution in [2.75, 3.05) is 12.3 Å². The minimum atomic E-state index is -0.841. The van der Waals surface area contributed by atoms with Crippen LogP contribution in [-0.2, 0) is 4.74 Å². The Morgan fingerprint density at radius 3 is 2.95 bits per heavy atom. The third-order valence-corrected chi connectivity index (χ3v) is 3.29. The topological polar surface area (TPSA) is 162 Å². The lowest BCUT2D eigenvalue weighted by atomic mass is 10.2. The summed E-state index contributed by atoms with van der Waals surface area (Å²) in [7, 11) is 0. The number of nitrogen functional groups attached to an aromatic ring is 1. The number of imidazole rings is 1. The third kappa shape index (κ3) is 2.16. The zero-order chi connectivity index (χ0) is 15.1. The molecule has 21 heavy (non-hydrogen) atoms. The summed E-state index contributed by atoms with van der Waals surface area (Å²) in [5.74, 6) is -0.748. The number of aliphatic hydroxyl groups is 2. The first-order chi connectivity index (χ1) is 10.0. The van der Waals surface area contributed by atoms with Crippen LogP contribution < -0.4 is 5.73 Å². The van der Waals surface area contributed by atoms with Crippen LogP contribution >= 0.6 is 0 Å². The first-order valence-corrected chi connectivity index (χ1v) is 6.10. The Morgan fingerprint density at radius 1 is 1.57 bits per heavy atom. The highest BCUT2D eigenvalue weighted by molar-refractivity contribution is 5.82. The van der Waals surface area contributed by atoms with Gasteiger partial charge >= 0.3 is 5.95 Å². The minimum absolute atomic E-state index is 0.109. The Labute approximate surface area is 117 Å². The molecule has 3 atom stereocenters. The SMILES string of the molecule is Nc1nc([N+](=O)[O-])nc2c1ncn2[C@H]1C[C@H](O)[C@@H](CO)O1. The fourth-order valence-corrected chi connectivity index (χ4v) is 2.27. The largest absolute Gasteiger partial charge is 0.473 e. The molecule has 4 N–H and O–H groups in total. The Hall–Kier alpha value is -2.37. The van der Waals surface area contributed by atoms with Gasteiger partial charge in [0.2, 0.25) is 11.5 Å². The average molecular weight is 296 g/mol. The van der Waals surface area contributed by atoms with Crippen molar-refractivity contribution in [3.63, 3.8) is 0 Å². The van der Waals surface area contributed by atoms with Crippen LogP contribution in [0.4, 0.5) is 11.8 Å². The summed E-state index contributed by atoms with van der Waals surface area (Å²) in [5.41, 5.74) is 5.98. The number of fused-ring (bicyclic) bond motifs is 1. The molecule has 0 bridgehead atoms. The fraction of sp³-hybridized carbons (Fsp3) is 0.500. The summed E-state index contributed by atoms with van der Waals surface area (Å²) in [6.45, 7) is -0.332. The van der Waals surface area contributed by atoms with E-state index in [2.05, 4.69) is 15.0 Å². The van der Waals surface area contributed by atoms with E-state index >= 15 is 0 Å². The summed E-state index contributed by atoms with van der Waals surface area (Å²) in [5, 5.41) is 29.6. The molecule has 2 aromatic heterocycles. The van der Waals surface area contributed by atoms with Crippen molar-refractivity contribution >= 4 is 22.9 Å². The molecule has 11 nitrogen and oxygen atoms in total. The van der Waals surface area contributed by atoms with Crippen molar-refractivity contribution < 1.29 is 19.9 Å². The molecule has 0 amide bonds. The lowest BCUT2D eigenvalue weighted by Crippen LogP contribution is -2.24. The number of ether oxygens (including phenoxy) is 1. The lowest BCUT2D eigenvalue weighted by molar-refractivity contribution is -0.394. The van der Waals surface area contributed by atoms with Gasteiger partial charge in [0.1, 0.15) is 18.7 Å². The van der Waals surface area contributed by atoms with Gasteiger partial charge < -0.3 is 30.8 Å². The summed E-state index contributed by atoms with van der Waals surface area (Å²) in [4.78, 5) is 21.4. The molecule has 0 radical (unpaired) electrons. The Kier molecular flexibility index (Phi) is 3.16. The average Bonchev–Trinajstić information content (AvgIpc) is 3.01. The van der Waals surface area contributed by atoms with E-state index in [1.165, 1.54) is 10.9 Å². The molecule has 3 heterocycles. The second kappa shape index (κ2) is 4.87. The number of aromatic nitrogens is 4. The molecule has 112 valence electrons. The Morgan fingerprint density at radius 2 is 2.33 bits per heavy atom. The zero-order valence-electron chi connectivity index (χ0n) is 10.7. The van der Waals surface area contributed by atoms with Crippen molar-refractivity contribution in [2.24, 2.45) is 0 Å². The summed E-state index contributed by atoms with van der Waals surface area (Å²) >= 11 is 0. The number of aliphatic hydroxyl groups excluding tert-OH is 2. The molecule has 1 aliphatic heterocycles. The van der Waals surface area contributed by atoms with E-state index in [0.717, 1.165) is 0 Å². The normalized spacial score (nSPS) is 25.5. The van der Waals surface area contributed by atoms with E-state index in [0.29, 0.717) is 0 Å². The molecule has 1 saturated heterocycles. The van der Waals surface area contributed by atoms with Gasteiger partial charge in [-0.2, -0.15) is 0 Å². The molecular weight excluding hydrogens is 284 g/mol. The van der Waals surface area contributed by atoms with Crippen LogP contribution in [0.5, 0.6) is 0 Å². The van der Waals surface area contributed by atoms with Gasteiger partial charge in [0.05, 0.1) is 12.7 Å². The maximum Gasteiger partial charge on any atom is 0.473 e. The molecule has 0 aliphatic carbocycles. The van der Waals surface area contributed by atoms with Gasteiger partial charge in [-0.3, -0.25) is 4.57 Å². The maximum absolute atomic E-state index is 10.8. The molecular formula is C10H12N6O5. The molecule has 0 aromatic carbocycles. The summed E-state index contributed by atoms with van der Waals surface area (Å²) in [6.07, 6.45) is -0.644. The predicted molar refractivity (Wildman–Crippen MR) is 68.0 cm³/mol. The first-order valence-electron chi connectivity index (χ1n) is 6.10. The monoisotopic (exact) mass is 296 g/mol. The van der Waals surface area contributed by atoms with E-state index in [4.69, 9.17) is 15.6 Å². The van der Waals surface area contributed by atoms with Gasteiger partial charge in [-0.25, -0.2) is 4.98 Å². The second-order valence-corrected chi connectivity index (χ2v) is 4.60. The fourth-order valence-electron chi connectivity index (χ4n) is 2.27. The number of hydrogen-bond donors (Lipinski definition) is 3. The van der Waals surface area contributed by atoms with E-state index in [9.17, 15) is 15.2 Å². The van der Waals surface area contributed by atoms with Crippen molar-refractivity contribution in [1.82, 2.24) is 19.5 Å². The van der Waals surface area contributed by atoms with Crippen LogP contribution in [0.2, 0.25) is 0 Å². The highest BCUT2D eigenvalue weighted by Gasteiger charge is 2.36. The van der Waals surface area contributed by atoms with Crippen molar-refractivity contribution in [2.45, 2.75) is 24.9 Å². The van der Waals surface area contributed by atoms with Crippen molar-refractivity contribution in [1.29, 1.82) is 0 Å². The highest BCUT2D eigenvalue weighted by Crippen LogP contribution is 2.31. The number of nitrogens with zero attached hydrogens (tertiary/aromatic N) is 5. The van der Waals surface area contributed by atoms with Gasteiger partial charge in [0.25, 0.3) is 0 Å². The Bertz CT molecular complexity index is 703. The van der Waals surface area contributed by atoms with Crippen molar-refractivity contribution in [3.8, 4) is 0 Å². The second-order valence-electron chi connectivity index (χ2n) is 4.60. The molecule has 0 saturated carbocycles. The van der Waals surface area contributed by atoms with E-state index in [1.807, 2.05) is 0 Å². The minimum Gasteiger partial charge on any atom is -0.394 e. The summed E-state index contributed by atoms with van der Waals surface area (Å²) < 4.78 is 6.90. The number of anilines is 1. The number of nitrogens with two attached hydrogens (primary N) is 1. The van der Waals surface area contributed by atoms with Gasteiger partial charge in [0, 0.05) is 6.42 Å². The zero-order valence-corrected chi connectivity index (χ0v) is 10.7. The van der Waals surface area contributed by atoms with E-state index in [1.54, 1.807) is 0 Å². The number of rotatable bonds is 3. The van der Waals surface area contributed by atoms with Gasteiger partial charge in [0.15, 0.2) is 5.52 Å². The van der Waals surface area contributed by atoms with Crippen molar-refractivity contribution in [3.05, 3.63) is 16.4 Å². The van der Waals surface area contributed by atoms with Crippen LogP contribution in [0, 0.1) is 10.1 Å². The van der Waals surface area contributed by atoms with E-state index in [-0.39, 0.29) is 30.0 Å². The molecule has 0 spiro atoms. The van der Waals surface area contributed by atoms with Gasteiger partial charge in [-0.15, -0.1) is 0 Å². The van der Waals surface area contributed by atoms with Gasteiger partial charge in [-0.1, -0.05) is 0 Å². The molecule has 11 heteroatoms. The first kappa shape index (κ1) is 13.6. The molecule has 1 fully saturated rings. The van der Waals surface area contributed by atoms with Crippen LogP contribution in [0.1, 0.15) is 12.6 Å². The third-order valence-electron chi connectivity index (χ3n) is 3.29. The predicted octanol–water partition coefficient (Wildman–Crippen LogP) is -1.04. The number of hydrogen-bond acceptors (Lipinski definition) is 9. The van der Waals surface area contributed by atoms with Crippen LogP contribution in [0.15, 0.2) is 6.33 Å². The highest BCUT2D eigenvalue weighted by atomic mass is 16.6. The number of nitro groups is 1.